The van der Waals surface area contributed by atoms with Crippen molar-refractivity contribution >= 4 is 11.6 Å². The van der Waals surface area contributed by atoms with Gasteiger partial charge in [-0.2, -0.15) is 0 Å². The van der Waals surface area contributed by atoms with E-state index >= 15 is 0 Å². The number of nitrogens with zero attached hydrogens (tertiary/aromatic N) is 2. The van der Waals surface area contributed by atoms with Crippen LogP contribution < -0.4 is 10.6 Å². The Morgan fingerprint density at radius 2 is 1.89 bits per heavy atom. The Hall–Kier alpha value is -1.32. The van der Waals surface area contributed by atoms with Gasteiger partial charge in [0.2, 0.25) is 0 Å². The summed E-state index contributed by atoms with van der Waals surface area (Å²) in [4.78, 5) is 9.20. The molecule has 0 aliphatic heterocycles. The predicted molar refractivity (Wildman–Crippen MR) is 74.0 cm³/mol. The van der Waals surface area contributed by atoms with Crippen molar-refractivity contribution in [2.75, 3.05) is 17.7 Å². The maximum absolute atomic E-state index is 4.66. The molecule has 0 amide bonds. The number of anilines is 2. The number of rotatable bonds is 5. The number of hydrogen-bond donors (Lipinski definition) is 2. The normalized spacial score (nSPS) is 21.2. The molecule has 0 bridgehead atoms. The molecule has 2 N–H and O–H groups in total. The Labute approximate surface area is 109 Å². The highest BCUT2D eigenvalue weighted by atomic mass is 15.1. The monoisotopic (exact) mass is 246 g/mol. The second-order valence-electron chi connectivity index (χ2n) is 5.64. The highest BCUT2D eigenvalue weighted by molar-refractivity contribution is 5.48. The summed E-state index contributed by atoms with van der Waals surface area (Å²) in [5.41, 5.74) is 0. The van der Waals surface area contributed by atoms with Crippen LogP contribution in [0.2, 0.25) is 0 Å². The summed E-state index contributed by atoms with van der Waals surface area (Å²) in [6.45, 7) is 2.27. The Balaban J connectivity index is 1.74. The van der Waals surface area contributed by atoms with Crippen LogP contribution in [0.1, 0.15) is 50.8 Å². The second kappa shape index (κ2) is 4.75. The summed E-state index contributed by atoms with van der Waals surface area (Å²) in [6, 6.07) is 2.53. The Morgan fingerprint density at radius 3 is 2.44 bits per heavy atom. The lowest BCUT2D eigenvalue weighted by Crippen LogP contribution is -2.31. The smallest absolute Gasteiger partial charge is 0.136 e. The summed E-state index contributed by atoms with van der Waals surface area (Å²) in [7, 11) is 1.91. The van der Waals surface area contributed by atoms with Crippen LogP contribution in [0.25, 0.3) is 0 Å². The van der Waals surface area contributed by atoms with Crippen LogP contribution in [-0.4, -0.2) is 23.1 Å². The molecule has 2 saturated carbocycles. The maximum atomic E-state index is 4.66. The van der Waals surface area contributed by atoms with Crippen LogP contribution in [0.15, 0.2) is 6.07 Å². The quantitative estimate of drug-likeness (QED) is 0.838. The van der Waals surface area contributed by atoms with Crippen molar-refractivity contribution < 1.29 is 0 Å². The lowest BCUT2D eigenvalue weighted by Gasteiger charge is -2.32. The van der Waals surface area contributed by atoms with Gasteiger partial charge in [-0.15, -0.1) is 0 Å². The molecular weight excluding hydrogens is 224 g/mol. The molecule has 3 rings (SSSR count). The van der Waals surface area contributed by atoms with Crippen LogP contribution in [-0.2, 0) is 0 Å². The zero-order chi connectivity index (χ0) is 12.5. The molecule has 4 heteroatoms. The summed E-state index contributed by atoms with van der Waals surface area (Å²) in [5, 5.41) is 6.68. The van der Waals surface area contributed by atoms with E-state index in [1.165, 1.54) is 32.1 Å². The first-order valence-corrected chi connectivity index (χ1v) is 7.09. The van der Waals surface area contributed by atoms with E-state index in [1.54, 1.807) is 0 Å². The van der Waals surface area contributed by atoms with E-state index in [4.69, 9.17) is 0 Å². The van der Waals surface area contributed by atoms with Gasteiger partial charge in [-0.05, 0) is 38.5 Å². The molecule has 0 saturated heterocycles. The van der Waals surface area contributed by atoms with Crippen molar-refractivity contribution in [1.82, 2.24) is 9.97 Å². The minimum atomic E-state index is 0.519. The summed E-state index contributed by atoms with van der Waals surface area (Å²) in [6.07, 6.45) is 6.58. The fourth-order valence-corrected chi connectivity index (χ4v) is 2.48. The van der Waals surface area contributed by atoms with E-state index in [2.05, 4.69) is 27.5 Å². The van der Waals surface area contributed by atoms with Gasteiger partial charge in [0.25, 0.3) is 0 Å². The molecule has 98 valence electrons. The van der Waals surface area contributed by atoms with Crippen LogP contribution in [0.5, 0.6) is 0 Å². The Kier molecular flexibility index (Phi) is 3.10. The third-order valence-electron chi connectivity index (χ3n) is 4.17. The van der Waals surface area contributed by atoms with Gasteiger partial charge in [-0.1, -0.05) is 6.42 Å². The van der Waals surface area contributed by atoms with Crippen molar-refractivity contribution in [3.8, 4) is 0 Å². The second-order valence-corrected chi connectivity index (χ2v) is 5.64. The van der Waals surface area contributed by atoms with Crippen molar-refractivity contribution in [3.63, 3.8) is 0 Å². The molecule has 1 aromatic rings. The average Bonchev–Trinajstić information content (AvgIpc) is 3.09. The fourth-order valence-electron chi connectivity index (χ4n) is 2.48. The Morgan fingerprint density at radius 1 is 1.17 bits per heavy atom. The molecule has 1 atom stereocenters. The minimum Gasteiger partial charge on any atom is -0.373 e. The molecule has 0 spiro atoms. The predicted octanol–water partition coefficient (Wildman–Crippen LogP) is 3.00. The van der Waals surface area contributed by atoms with Crippen LogP contribution in [0, 0.1) is 5.92 Å². The molecule has 1 heterocycles. The van der Waals surface area contributed by atoms with E-state index in [0.717, 1.165) is 23.4 Å². The molecule has 18 heavy (non-hydrogen) atoms. The van der Waals surface area contributed by atoms with E-state index in [-0.39, 0.29) is 0 Å². The van der Waals surface area contributed by atoms with Gasteiger partial charge in [0, 0.05) is 25.1 Å². The third kappa shape index (κ3) is 2.42. The van der Waals surface area contributed by atoms with E-state index in [0.29, 0.717) is 12.0 Å². The number of nitrogens with one attached hydrogen (secondary N) is 2. The van der Waals surface area contributed by atoms with Crippen molar-refractivity contribution in [3.05, 3.63) is 11.9 Å². The van der Waals surface area contributed by atoms with Gasteiger partial charge in [0.15, 0.2) is 0 Å². The maximum Gasteiger partial charge on any atom is 0.136 e. The lowest BCUT2D eigenvalue weighted by atomic mass is 9.80. The summed E-state index contributed by atoms with van der Waals surface area (Å²) >= 11 is 0. The largest absolute Gasteiger partial charge is 0.373 e. The average molecular weight is 246 g/mol. The van der Waals surface area contributed by atoms with E-state index < -0.39 is 0 Å². The number of hydrogen-bond acceptors (Lipinski definition) is 4. The molecular formula is C14H22N4. The molecule has 2 aliphatic carbocycles. The first-order chi connectivity index (χ1) is 8.76. The van der Waals surface area contributed by atoms with Gasteiger partial charge in [0.05, 0.1) is 0 Å². The molecule has 1 aromatic heterocycles. The van der Waals surface area contributed by atoms with E-state index in [9.17, 15) is 0 Å². The molecule has 1 unspecified atom stereocenters. The molecule has 0 aromatic carbocycles. The molecule has 2 aliphatic rings. The zero-order valence-corrected chi connectivity index (χ0v) is 11.2. The third-order valence-corrected chi connectivity index (χ3v) is 4.17. The van der Waals surface area contributed by atoms with Crippen molar-refractivity contribution in [2.24, 2.45) is 5.92 Å². The molecule has 0 radical (unpaired) electrons. The highest BCUT2D eigenvalue weighted by Gasteiger charge is 2.28. The topological polar surface area (TPSA) is 49.8 Å². The fraction of sp³-hybridized carbons (Fsp3) is 0.714. The SMILES string of the molecule is CNc1cc(NC(C)C2CCC2)nc(C2CC2)n1. The van der Waals surface area contributed by atoms with Crippen LogP contribution in [0.3, 0.4) is 0 Å². The standard InChI is InChI=1S/C14H22N4/c1-9(10-4-3-5-10)16-13-8-12(15-2)17-14(18-13)11-6-7-11/h8-11H,3-7H2,1-2H3,(H2,15,16,17,18). The van der Waals surface area contributed by atoms with Gasteiger partial charge in [-0.3, -0.25) is 0 Å². The van der Waals surface area contributed by atoms with E-state index in [1.807, 2.05) is 13.1 Å². The summed E-state index contributed by atoms with van der Waals surface area (Å²) in [5.74, 6) is 4.33. The molecule has 2 fully saturated rings. The first kappa shape index (κ1) is 11.8. The minimum absolute atomic E-state index is 0.519. The number of aromatic nitrogens is 2. The molecule has 4 nitrogen and oxygen atoms in total. The van der Waals surface area contributed by atoms with Gasteiger partial charge >= 0.3 is 0 Å². The van der Waals surface area contributed by atoms with Crippen LogP contribution >= 0.6 is 0 Å². The van der Waals surface area contributed by atoms with Gasteiger partial charge < -0.3 is 10.6 Å². The van der Waals surface area contributed by atoms with Crippen molar-refractivity contribution in [1.29, 1.82) is 0 Å². The highest BCUT2D eigenvalue weighted by Crippen LogP contribution is 2.39. The van der Waals surface area contributed by atoms with Gasteiger partial charge in [0.1, 0.15) is 17.5 Å². The zero-order valence-electron chi connectivity index (χ0n) is 11.2. The van der Waals surface area contributed by atoms with Crippen molar-refractivity contribution in [2.45, 2.75) is 51.0 Å². The van der Waals surface area contributed by atoms with Gasteiger partial charge in [-0.25, -0.2) is 9.97 Å². The first-order valence-electron chi connectivity index (χ1n) is 7.09. The summed E-state index contributed by atoms with van der Waals surface area (Å²) < 4.78 is 0. The Bertz CT molecular complexity index is 424. The lowest BCUT2D eigenvalue weighted by molar-refractivity contribution is 0.285. The van der Waals surface area contributed by atoms with Crippen LogP contribution in [0.4, 0.5) is 11.6 Å².